The summed E-state index contributed by atoms with van der Waals surface area (Å²) in [6, 6.07) is 4.23. The quantitative estimate of drug-likeness (QED) is 0.636. The highest BCUT2D eigenvalue weighted by molar-refractivity contribution is 14.1. The molecule has 0 N–H and O–H groups in total. The SMILES string of the molecule is COc1cc(I)c(I)c2ccsc12. The molecule has 0 aliphatic carbocycles. The van der Waals surface area contributed by atoms with Crippen LogP contribution in [-0.2, 0) is 0 Å². The Balaban J connectivity index is 2.87. The third-order valence-corrected chi connectivity index (χ3v) is 5.79. The number of thiophene rings is 1. The van der Waals surface area contributed by atoms with E-state index in [9.17, 15) is 0 Å². The van der Waals surface area contributed by atoms with Gasteiger partial charge in [-0.2, -0.15) is 0 Å². The van der Waals surface area contributed by atoms with Crippen molar-refractivity contribution in [3.8, 4) is 5.75 Å². The third-order valence-electron chi connectivity index (χ3n) is 1.81. The van der Waals surface area contributed by atoms with Gasteiger partial charge in [0.25, 0.3) is 0 Å². The summed E-state index contributed by atoms with van der Waals surface area (Å²) in [7, 11) is 1.72. The maximum atomic E-state index is 5.32. The molecule has 1 nitrogen and oxygen atoms in total. The van der Waals surface area contributed by atoms with E-state index >= 15 is 0 Å². The van der Waals surface area contributed by atoms with E-state index in [-0.39, 0.29) is 0 Å². The van der Waals surface area contributed by atoms with Crippen LogP contribution < -0.4 is 4.74 Å². The maximum absolute atomic E-state index is 5.32. The molecular weight excluding hydrogens is 410 g/mol. The van der Waals surface area contributed by atoms with E-state index in [0.29, 0.717) is 0 Å². The van der Waals surface area contributed by atoms with Crippen LogP contribution in [0.3, 0.4) is 0 Å². The van der Waals surface area contributed by atoms with Crippen molar-refractivity contribution in [3.63, 3.8) is 0 Å². The Morgan fingerprint density at radius 2 is 2.15 bits per heavy atom. The van der Waals surface area contributed by atoms with Crippen molar-refractivity contribution < 1.29 is 4.74 Å². The second-order valence-electron chi connectivity index (χ2n) is 2.54. The van der Waals surface area contributed by atoms with Gasteiger partial charge in [0.05, 0.1) is 11.8 Å². The van der Waals surface area contributed by atoms with Gasteiger partial charge >= 0.3 is 0 Å². The van der Waals surface area contributed by atoms with Gasteiger partial charge in [0, 0.05) is 12.5 Å². The van der Waals surface area contributed by atoms with Crippen molar-refractivity contribution >= 4 is 66.6 Å². The second kappa shape index (κ2) is 3.90. The zero-order valence-corrected chi connectivity index (χ0v) is 11.9. The molecule has 13 heavy (non-hydrogen) atoms. The van der Waals surface area contributed by atoms with E-state index in [1.807, 2.05) is 0 Å². The number of rotatable bonds is 1. The van der Waals surface area contributed by atoms with E-state index in [2.05, 4.69) is 62.7 Å². The van der Waals surface area contributed by atoms with Crippen LogP contribution in [0, 0.1) is 7.14 Å². The summed E-state index contributed by atoms with van der Waals surface area (Å²) in [6.07, 6.45) is 0. The van der Waals surface area contributed by atoms with Crippen LogP contribution >= 0.6 is 56.5 Å². The number of fused-ring (bicyclic) bond motifs is 1. The molecule has 68 valence electrons. The van der Waals surface area contributed by atoms with Crippen LogP contribution in [-0.4, -0.2) is 7.11 Å². The highest BCUT2D eigenvalue weighted by Crippen LogP contribution is 2.36. The fraction of sp³-hybridized carbons (Fsp3) is 0.111. The Kier molecular flexibility index (Phi) is 2.99. The number of hydrogen-bond acceptors (Lipinski definition) is 2. The standard InChI is InChI=1S/C9H6I2OS/c1-12-7-4-6(10)8(11)5-2-3-13-9(5)7/h2-4H,1H3. The zero-order chi connectivity index (χ0) is 9.42. The van der Waals surface area contributed by atoms with Gasteiger partial charge in [-0.1, -0.05) is 0 Å². The highest BCUT2D eigenvalue weighted by Gasteiger charge is 2.09. The number of halogens is 2. The Morgan fingerprint density at radius 3 is 2.85 bits per heavy atom. The molecule has 2 aromatic rings. The van der Waals surface area contributed by atoms with Gasteiger partial charge < -0.3 is 4.74 Å². The van der Waals surface area contributed by atoms with Crippen molar-refractivity contribution in [3.05, 3.63) is 24.7 Å². The summed E-state index contributed by atoms with van der Waals surface area (Å²) in [5.74, 6) is 0.981. The molecule has 0 amide bonds. The average Bonchev–Trinajstić information content (AvgIpc) is 2.60. The molecule has 0 saturated carbocycles. The number of benzene rings is 1. The van der Waals surface area contributed by atoms with Crippen molar-refractivity contribution in [1.29, 1.82) is 0 Å². The molecule has 0 saturated heterocycles. The first-order chi connectivity index (χ1) is 6.24. The first kappa shape index (κ1) is 9.97. The van der Waals surface area contributed by atoms with Gasteiger partial charge in [-0.3, -0.25) is 0 Å². The van der Waals surface area contributed by atoms with E-state index in [1.165, 1.54) is 17.2 Å². The van der Waals surface area contributed by atoms with Crippen molar-refractivity contribution in [1.82, 2.24) is 0 Å². The van der Waals surface area contributed by atoms with Crippen LogP contribution in [0.25, 0.3) is 10.1 Å². The van der Waals surface area contributed by atoms with Gasteiger partial charge in [0.15, 0.2) is 0 Å². The first-order valence-corrected chi connectivity index (χ1v) is 6.67. The minimum absolute atomic E-state index is 0.981. The van der Waals surface area contributed by atoms with Gasteiger partial charge in [0.1, 0.15) is 5.75 Å². The lowest BCUT2D eigenvalue weighted by atomic mass is 10.2. The molecular formula is C9H6I2OS. The topological polar surface area (TPSA) is 9.23 Å². The molecule has 1 heterocycles. The first-order valence-electron chi connectivity index (χ1n) is 3.63. The Bertz CT molecular complexity index is 450. The number of ether oxygens (including phenoxy) is 1. The molecule has 0 bridgehead atoms. The predicted octanol–water partition coefficient (Wildman–Crippen LogP) is 4.12. The third kappa shape index (κ3) is 1.68. The monoisotopic (exact) mass is 416 g/mol. The normalized spacial score (nSPS) is 10.7. The molecule has 4 heteroatoms. The minimum Gasteiger partial charge on any atom is -0.495 e. The minimum atomic E-state index is 0.981. The van der Waals surface area contributed by atoms with Gasteiger partial charge in [-0.25, -0.2) is 0 Å². The molecule has 0 spiro atoms. The number of hydrogen-bond donors (Lipinski definition) is 0. The average molecular weight is 416 g/mol. The predicted molar refractivity (Wildman–Crippen MR) is 73.8 cm³/mol. The van der Waals surface area contributed by atoms with E-state index < -0.39 is 0 Å². The van der Waals surface area contributed by atoms with Crippen LogP contribution in [0.2, 0.25) is 0 Å². The van der Waals surface area contributed by atoms with Gasteiger partial charge in [0.2, 0.25) is 0 Å². The van der Waals surface area contributed by atoms with E-state index in [1.54, 1.807) is 18.4 Å². The van der Waals surface area contributed by atoms with E-state index in [0.717, 1.165) is 5.75 Å². The Morgan fingerprint density at radius 1 is 1.38 bits per heavy atom. The highest BCUT2D eigenvalue weighted by atomic mass is 127. The van der Waals surface area contributed by atoms with E-state index in [4.69, 9.17) is 4.74 Å². The summed E-state index contributed by atoms with van der Waals surface area (Å²) < 4.78 is 9.13. The lowest BCUT2D eigenvalue weighted by Crippen LogP contribution is -1.87. The number of methoxy groups -OCH3 is 1. The summed E-state index contributed by atoms with van der Waals surface area (Å²) in [4.78, 5) is 0. The molecule has 1 aromatic carbocycles. The Labute approximate surface area is 108 Å². The van der Waals surface area contributed by atoms with Crippen LogP contribution in [0.1, 0.15) is 0 Å². The van der Waals surface area contributed by atoms with Crippen molar-refractivity contribution in [2.24, 2.45) is 0 Å². The largest absolute Gasteiger partial charge is 0.495 e. The van der Waals surface area contributed by atoms with Gasteiger partial charge in [-0.15, -0.1) is 11.3 Å². The summed E-state index contributed by atoms with van der Waals surface area (Å²) in [6.45, 7) is 0. The lowest BCUT2D eigenvalue weighted by Gasteiger charge is -2.04. The molecule has 0 radical (unpaired) electrons. The second-order valence-corrected chi connectivity index (χ2v) is 5.70. The molecule has 1 aromatic heterocycles. The zero-order valence-electron chi connectivity index (χ0n) is 6.80. The summed E-state index contributed by atoms with van der Waals surface area (Å²) in [5, 5.41) is 3.40. The summed E-state index contributed by atoms with van der Waals surface area (Å²) in [5.41, 5.74) is 0. The van der Waals surface area contributed by atoms with Gasteiger partial charge in [-0.05, 0) is 62.7 Å². The van der Waals surface area contributed by atoms with Crippen LogP contribution in [0.15, 0.2) is 17.5 Å². The molecule has 0 fully saturated rings. The fourth-order valence-corrected chi connectivity index (χ4v) is 3.45. The molecule has 2 rings (SSSR count). The summed E-state index contributed by atoms with van der Waals surface area (Å²) >= 11 is 6.44. The van der Waals surface area contributed by atoms with Crippen LogP contribution in [0.5, 0.6) is 5.75 Å². The Hall–Kier alpha value is 0.440. The molecule has 0 aliphatic heterocycles. The lowest BCUT2D eigenvalue weighted by molar-refractivity contribution is 0.420. The smallest absolute Gasteiger partial charge is 0.137 e. The maximum Gasteiger partial charge on any atom is 0.137 e. The van der Waals surface area contributed by atoms with Crippen molar-refractivity contribution in [2.75, 3.05) is 7.11 Å². The molecule has 0 aliphatic rings. The fourth-order valence-electron chi connectivity index (χ4n) is 1.20. The molecule has 0 atom stereocenters. The van der Waals surface area contributed by atoms with Crippen molar-refractivity contribution in [2.45, 2.75) is 0 Å². The van der Waals surface area contributed by atoms with Crippen LogP contribution in [0.4, 0.5) is 0 Å². The molecule has 0 unspecified atom stereocenters.